The van der Waals surface area contributed by atoms with Gasteiger partial charge < -0.3 is 10.2 Å². The smallest absolute Gasteiger partial charge is 0.246 e. The third-order valence-electron chi connectivity index (χ3n) is 4.26. The van der Waals surface area contributed by atoms with Gasteiger partial charge in [-0.15, -0.1) is 0 Å². The van der Waals surface area contributed by atoms with Crippen LogP contribution in [-0.4, -0.2) is 47.4 Å². The lowest BCUT2D eigenvalue weighted by Crippen LogP contribution is -2.65. The number of rotatable bonds is 6. The fraction of sp³-hybridized carbons (Fsp3) is 0.857. The highest BCUT2D eigenvalue weighted by Gasteiger charge is 2.47. The van der Waals surface area contributed by atoms with Crippen molar-refractivity contribution in [1.82, 2.24) is 10.2 Å². The van der Waals surface area contributed by atoms with Gasteiger partial charge in [-0.25, -0.2) is 0 Å². The van der Waals surface area contributed by atoms with E-state index in [0.717, 1.165) is 25.0 Å². The molecule has 4 nitrogen and oxygen atoms in total. The van der Waals surface area contributed by atoms with E-state index in [0.29, 0.717) is 12.5 Å². The predicted molar refractivity (Wildman–Crippen MR) is 78.0 cm³/mol. The Hall–Kier alpha value is -0.710. The van der Waals surface area contributed by atoms with Crippen LogP contribution in [0, 0.1) is 11.8 Å². The Morgan fingerprint density at radius 3 is 2.63 bits per heavy atom. The molecule has 0 aromatic heterocycles. The maximum absolute atomic E-state index is 12.6. The number of piperazine rings is 1. The Kier molecular flexibility index (Phi) is 4.76. The van der Waals surface area contributed by atoms with Crippen LogP contribution in [0.2, 0.25) is 0 Å². The molecule has 1 aliphatic heterocycles. The molecule has 3 unspecified atom stereocenters. The molecule has 1 saturated carbocycles. The normalized spacial score (nSPS) is 29.3. The van der Waals surface area contributed by atoms with Crippen LogP contribution in [0.15, 0.2) is 0 Å². The molecule has 108 valence electrons. The van der Waals surface area contributed by atoms with Gasteiger partial charge >= 0.3 is 0 Å². The molecular formula is C14H24N2O2S. The number of carbonyl (C=O) groups is 2. The largest absolute Gasteiger partial charge is 0.342 e. The third kappa shape index (κ3) is 3.07. The van der Waals surface area contributed by atoms with E-state index in [1.54, 1.807) is 11.8 Å². The van der Waals surface area contributed by atoms with Crippen LogP contribution in [-0.2, 0) is 9.59 Å². The summed E-state index contributed by atoms with van der Waals surface area (Å²) < 4.78 is 0. The second kappa shape index (κ2) is 6.16. The van der Waals surface area contributed by atoms with Crippen LogP contribution in [0.3, 0.4) is 0 Å². The first-order valence-corrected chi connectivity index (χ1v) is 8.59. The Balaban J connectivity index is 2.16. The van der Waals surface area contributed by atoms with E-state index in [9.17, 15) is 9.59 Å². The lowest BCUT2D eigenvalue weighted by atomic mass is 9.92. The number of carbonyl (C=O) groups excluding carboxylic acids is 2. The van der Waals surface area contributed by atoms with Crippen molar-refractivity contribution >= 4 is 23.6 Å². The van der Waals surface area contributed by atoms with E-state index in [1.165, 1.54) is 0 Å². The topological polar surface area (TPSA) is 49.4 Å². The van der Waals surface area contributed by atoms with E-state index >= 15 is 0 Å². The van der Waals surface area contributed by atoms with Crippen molar-refractivity contribution in [2.45, 2.75) is 45.2 Å². The highest BCUT2D eigenvalue weighted by molar-refractivity contribution is 7.98. The van der Waals surface area contributed by atoms with Crippen LogP contribution in [0.5, 0.6) is 0 Å². The first-order chi connectivity index (χ1) is 9.10. The van der Waals surface area contributed by atoms with Crippen molar-refractivity contribution in [2.75, 3.05) is 18.6 Å². The zero-order chi connectivity index (χ0) is 14.0. The van der Waals surface area contributed by atoms with Gasteiger partial charge in [0.15, 0.2) is 0 Å². The summed E-state index contributed by atoms with van der Waals surface area (Å²) in [5.74, 6) is 1.68. The van der Waals surface area contributed by atoms with Crippen LogP contribution >= 0.6 is 11.8 Å². The summed E-state index contributed by atoms with van der Waals surface area (Å²) in [6.45, 7) is 4.81. The van der Waals surface area contributed by atoms with Gasteiger partial charge in [0, 0.05) is 12.3 Å². The monoisotopic (exact) mass is 284 g/mol. The summed E-state index contributed by atoms with van der Waals surface area (Å²) in [4.78, 5) is 26.8. The molecule has 2 amide bonds. The summed E-state index contributed by atoms with van der Waals surface area (Å²) in [7, 11) is 0. The highest BCUT2D eigenvalue weighted by atomic mass is 32.2. The van der Waals surface area contributed by atoms with Gasteiger partial charge in [0.05, 0.1) is 0 Å². The van der Waals surface area contributed by atoms with Gasteiger partial charge in [0.2, 0.25) is 11.8 Å². The maximum atomic E-state index is 12.6. The first kappa shape index (κ1) is 14.7. The van der Waals surface area contributed by atoms with Crippen molar-refractivity contribution in [3.63, 3.8) is 0 Å². The summed E-state index contributed by atoms with van der Waals surface area (Å²) in [5, 5.41) is 2.96. The quantitative estimate of drug-likeness (QED) is 0.804. The number of hydrogen-bond acceptors (Lipinski definition) is 3. The Morgan fingerprint density at radius 2 is 2.11 bits per heavy atom. The van der Waals surface area contributed by atoms with Gasteiger partial charge in [-0.05, 0) is 30.9 Å². The number of hydrogen-bond donors (Lipinski definition) is 1. The van der Waals surface area contributed by atoms with E-state index < -0.39 is 0 Å². The molecule has 0 bridgehead atoms. The molecule has 1 aliphatic carbocycles. The van der Waals surface area contributed by atoms with Gasteiger partial charge in [-0.2, -0.15) is 11.8 Å². The molecule has 2 aliphatic rings. The van der Waals surface area contributed by atoms with Crippen molar-refractivity contribution in [3.05, 3.63) is 0 Å². The fourth-order valence-corrected chi connectivity index (χ4v) is 3.11. The molecule has 0 aromatic carbocycles. The van der Waals surface area contributed by atoms with Crippen LogP contribution in [0.25, 0.3) is 0 Å². The second-order valence-corrected chi connectivity index (χ2v) is 6.66. The predicted octanol–water partition coefficient (Wildman–Crippen LogP) is 1.50. The molecule has 1 N–H and O–H groups in total. The Morgan fingerprint density at radius 1 is 1.42 bits per heavy atom. The standard InChI is InChI=1S/C14H24N2O2S/c1-4-9(2)12-13(17)15-11(10-5-6-10)14(18)16(12)7-8-19-3/h9-12H,4-8H2,1-3H3,(H,15,17). The third-order valence-corrected chi connectivity index (χ3v) is 4.85. The summed E-state index contributed by atoms with van der Waals surface area (Å²) in [6, 6.07) is -0.533. The van der Waals surface area contributed by atoms with Crippen molar-refractivity contribution in [3.8, 4) is 0 Å². The van der Waals surface area contributed by atoms with Crippen molar-refractivity contribution in [1.29, 1.82) is 0 Å². The lowest BCUT2D eigenvalue weighted by molar-refractivity contribution is -0.151. The molecule has 19 heavy (non-hydrogen) atoms. The highest BCUT2D eigenvalue weighted by Crippen LogP contribution is 2.35. The Labute approximate surface area is 119 Å². The summed E-state index contributed by atoms with van der Waals surface area (Å²) >= 11 is 1.72. The summed E-state index contributed by atoms with van der Waals surface area (Å²) in [6.07, 6.45) is 5.09. The number of amides is 2. The van der Waals surface area contributed by atoms with E-state index in [1.807, 2.05) is 11.2 Å². The van der Waals surface area contributed by atoms with Gasteiger partial charge in [-0.3, -0.25) is 9.59 Å². The fourth-order valence-electron chi connectivity index (χ4n) is 2.73. The van der Waals surface area contributed by atoms with Gasteiger partial charge in [0.1, 0.15) is 12.1 Å². The zero-order valence-corrected chi connectivity index (χ0v) is 12.8. The zero-order valence-electron chi connectivity index (χ0n) is 12.0. The molecule has 1 heterocycles. The molecule has 0 spiro atoms. The SMILES string of the molecule is CCC(C)C1C(=O)NC(C2CC2)C(=O)N1CCSC. The number of nitrogens with zero attached hydrogens (tertiary/aromatic N) is 1. The second-order valence-electron chi connectivity index (χ2n) is 5.68. The Bertz CT molecular complexity index is 357. The van der Waals surface area contributed by atoms with E-state index in [-0.39, 0.29) is 29.8 Å². The maximum Gasteiger partial charge on any atom is 0.246 e. The molecule has 3 atom stereocenters. The molecule has 1 saturated heterocycles. The number of nitrogens with one attached hydrogen (secondary N) is 1. The minimum absolute atomic E-state index is 0.0481. The lowest BCUT2D eigenvalue weighted by Gasteiger charge is -2.41. The average molecular weight is 284 g/mol. The molecule has 0 aromatic rings. The minimum Gasteiger partial charge on any atom is -0.342 e. The van der Waals surface area contributed by atoms with Gasteiger partial charge in [-0.1, -0.05) is 20.3 Å². The first-order valence-electron chi connectivity index (χ1n) is 7.20. The molecule has 5 heteroatoms. The van der Waals surface area contributed by atoms with Crippen molar-refractivity contribution in [2.24, 2.45) is 11.8 Å². The summed E-state index contributed by atoms with van der Waals surface area (Å²) in [5.41, 5.74) is 0. The average Bonchev–Trinajstić information content (AvgIpc) is 3.22. The van der Waals surface area contributed by atoms with Crippen LogP contribution in [0.1, 0.15) is 33.1 Å². The molecule has 0 radical (unpaired) electrons. The molecule has 2 rings (SSSR count). The van der Waals surface area contributed by atoms with E-state index in [4.69, 9.17) is 0 Å². The number of thioether (sulfide) groups is 1. The van der Waals surface area contributed by atoms with E-state index in [2.05, 4.69) is 19.2 Å². The molecule has 2 fully saturated rings. The molecular weight excluding hydrogens is 260 g/mol. The van der Waals surface area contributed by atoms with Crippen LogP contribution < -0.4 is 5.32 Å². The minimum atomic E-state index is -0.278. The van der Waals surface area contributed by atoms with Crippen molar-refractivity contribution < 1.29 is 9.59 Å². The van der Waals surface area contributed by atoms with Crippen LogP contribution in [0.4, 0.5) is 0 Å². The van der Waals surface area contributed by atoms with Gasteiger partial charge in [0.25, 0.3) is 0 Å².